The Bertz CT molecular complexity index is 836. The Labute approximate surface area is 180 Å². The molecule has 0 atom stereocenters. The number of benzene rings is 1. The second-order valence-corrected chi connectivity index (χ2v) is 9.40. The van der Waals surface area contributed by atoms with Gasteiger partial charge >= 0.3 is 0 Å². The molecule has 0 spiro atoms. The van der Waals surface area contributed by atoms with E-state index in [-0.39, 0.29) is 24.0 Å². The van der Waals surface area contributed by atoms with Crippen molar-refractivity contribution in [2.24, 2.45) is 4.99 Å². The highest BCUT2D eigenvalue weighted by Gasteiger charge is 2.19. The second-order valence-electron chi connectivity index (χ2n) is 5.41. The summed E-state index contributed by atoms with van der Waals surface area (Å²) < 4.78 is 25.7. The van der Waals surface area contributed by atoms with Crippen molar-refractivity contribution < 1.29 is 8.42 Å². The van der Waals surface area contributed by atoms with Gasteiger partial charge in [-0.15, -0.1) is 35.3 Å². The molecular weight excluding hydrogens is 507 g/mol. The third-order valence-corrected chi connectivity index (χ3v) is 7.02. The van der Waals surface area contributed by atoms with E-state index >= 15 is 0 Å². The number of aliphatic imine (C=N–C) groups is 1. The topological polar surface area (TPSA) is 73.8 Å². The molecule has 1 aromatic carbocycles. The fraction of sp³-hybridized carbons (Fsp3) is 0.312. The summed E-state index contributed by atoms with van der Waals surface area (Å²) in [6, 6.07) is 11.0. The van der Waals surface area contributed by atoms with Crippen molar-refractivity contribution in [2.45, 2.75) is 17.3 Å². The van der Waals surface area contributed by atoms with E-state index in [2.05, 4.69) is 15.6 Å². The van der Waals surface area contributed by atoms with E-state index in [1.165, 1.54) is 29.7 Å². The number of nitrogens with zero attached hydrogens (tertiary/aromatic N) is 2. The van der Waals surface area contributed by atoms with Crippen LogP contribution in [0.2, 0.25) is 5.02 Å². The molecule has 26 heavy (non-hydrogen) atoms. The normalized spacial score (nSPS) is 12.0. The van der Waals surface area contributed by atoms with Crippen molar-refractivity contribution >= 4 is 62.9 Å². The molecule has 1 aromatic heterocycles. The lowest BCUT2D eigenvalue weighted by Gasteiger charge is -2.11. The van der Waals surface area contributed by atoms with Crippen molar-refractivity contribution in [3.8, 4) is 0 Å². The largest absolute Gasteiger partial charge is 0.352 e. The lowest BCUT2D eigenvalue weighted by molar-refractivity contribution is 0.523. The molecule has 2 N–H and O–H groups in total. The fourth-order valence-corrected chi connectivity index (χ4v) is 4.54. The van der Waals surface area contributed by atoms with Gasteiger partial charge in [0.05, 0.1) is 6.54 Å². The van der Waals surface area contributed by atoms with Gasteiger partial charge in [0.1, 0.15) is 4.21 Å². The van der Waals surface area contributed by atoms with Crippen molar-refractivity contribution in [3.63, 3.8) is 0 Å². The number of hydrogen-bond donors (Lipinski definition) is 2. The van der Waals surface area contributed by atoms with Crippen LogP contribution in [0, 0.1) is 0 Å². The number of thiophene rings is 1. The molecule has 0 saturated carbocycles. The highest BCUT2D eigenvalue weighted by molar-refractivity contribution is 14.0. The van der Waals surface area contributed by atoms with Gasteiger partial charge < -0.3 is 10.6 Å². The van der Waals surface area contributed by atoms with Crippen molar-refractivity contribution in [1.29, 1.82) is 0 Å². The zero-order valence-electron chi connectivity index (χ0n) is 14.7. The standard InChI is InChI=1S/C16H21ClN4O2S2.HI/c1-18-16(19-10-12-4-6-13(17)7-5-12)20-11-14-8-9-15(24-14)25(22,23)21(2)3;/h4-9H,10-11H2,1-3H3,(H2,18,19,20);1H. The summed E-state index contributed by atoms with van der Waals surface area (Å²) in [4.78, 5) is 5.08. The Balaban J connectivity index is 0.00000338. The SMILES string of the molecule is CN=C(NCc1ccc(Cl)cc1)NCc1ccc(S(=O)(=O)N(C)C)s1.I. The van der Waals surface area contributed by atoms with Gasteiger partial charge in [-0.05, 0) is 29.8 Å². The van der Waals surface area contributed by atoms with E-state index in [0.717, 1.165) is 10.4 Å². The van der Waals surface area contributed by atoms with Gasteiger partial charge in [-0.1, -0.05) is 23.7 Å². The lowest BCUT2D eigenvalue weighted by atomic mass is 10.2. The number of halogens is 2. The smallest absolute Gasteiger partial charge is 0.252 e. The number of sulfonamides is 1. The van der Waals surface area contributed by atoms with E-state index in [1.807, 2.05) is 24.3 Å². The summed E-state index contributed by atoms with van der Waals surface area (Å²) >= 11 is 7.12. The first-order valence-corrected chi connectivity index (χ1v) is 10.2. The number of rotatable bonds is 6. The first kappa shape index (κ1) is 23.2. The molecule has 0 aliphatic rings. The van der Waals surface area contributed by atoms with E-state index < -0.39 is 10.0 Å². The van der Waals surface area contributed by atoms with Crippen molar-refractivity contribution in [2.75, 3.05) is 21.1 Å². The highest BCUT2D eigenvalue weighted by Crippen LogP contribution is 2.23. The van der Waals surface area contributed by atoms with Crippen LogP contribution in [0.5, 0.6) is 0 Å². The molecule has 10 heteroatoms. The predicted octanol–water partition coefficient (Wildman–Crippen LogP) is 3.14. The van der Waals surface area contributed by atoms with E-state index in [4.69, 9.17) is 11.6 Å². The Morgan fingerprint density at radius 3 is 2.31 bits per heavy atom. The summed E-state index contributed by atoms with van der Waals surface area (Å²) in [5.74, 6) is 0.639. The molecule has 2 aromatic rings. The third kappa shape index (κ3) is 6.38. The van der Waals surface area contributed by atoms with Crippen LogP contribution in [0.25, 0.3) is 0 Å². The van der Waals surface area contributed by atoms with E-state index in [9.17, 15) is 8.42 Å². The molecule has 0 aliphatic carbocycles. The van der Waals surface area contributed by atoms with Gasteiger partial charge in [0, 0.05) is 37.6 Å². The number of hydrogen-bond acceptors (Lipinski definition) is 4. The second kappa shape index (κ2) is 10.5. The summed E-state index contributed by atoms with van der Waals surface area (Å²) in [6.45, 7) is 1.11. The van der Waals surface area contributed by atoms with Crippen LogP contribution in [0.15, 0.2) is 45.6 Å². The molecule has 0 radical (unpaired) electrons. The Hall–Kier alpha value is -0.880. The maximum atomic E-state index is 12.1. The number of nitrogens with one attached hydrogen (secondary N) is 2. The van der Waals surface area contributed by atoms with Crippen LogP contribution in [0.1, 0.15) is 10.4 Å². The summed E-state index contributed by atoms with van der Waals surface area (Å²) in [5, 5.41) is 7.08. The van der Waals surface area contributed by atoms with Crippen LogP contribution < -0.4 is 10.6 Å². The Morgan fingerprint density at radius 1 is 1.12 bits per heavy atom. The van der Waals surface area contributed by atoms with Gasteiger partial charge in [-0.2, -0.15) is 0 Å². The van der Waals surface area contributed by atoms with Crippen LogP contribution in [0.4, 0.5) is 0 Å². The quantitative estimate of drug-likeness (QED) is 0.343. The Morgan fingerprint density at radius 2 is 1.73 bits per heavy atom. The van der Waals surface area contributed by atoms with E-state index in [0.29, 0.717) is 28.3 Å². The molecule has 0 fully saturated rings. The zero-order chi connectivity index (χ0) is 18.4. The monoisotopic (exact) mass is 528 g/mol. The summed E-state index contributed by atoms with van der Waals surface area (Å²) in [5.41, 5.74) is 1.09. The van der Waals surface area contributed by atoms with Crippen molar-refractivity contribution in [3.05, 3.63) is 51.9 Å². The summed E-state index contributed by atoms with van der Waals surface area (Å²) in [7, 11) is 1.35. The van der Waals surface area contributed by atoms with Gasteiger partial charge in [-0.3, -0.25) is 4.99 Å². The number of guanidine groups is 1. The zero-order valence-corrected chi connectivity index (χ0v) is 19.4. The lowest BCUT2D eigenvalue weighted by Crippen LogP contribution is -2.36. The first-order valence-electron chi connectivity index (χ1n) is 7.53. The third-order valence-electron chi connectivity index (χ3n) is 3.40. The van der Waals surface area contributed by atoms with Gasteiger partial charge in [0.15, 0.2) is 5.96 Å². The van der Waals surface area contributed by atoms with Gasteiger partial charge in [0.2, 0.25) is 0 Å². The van der Waals surface area contributed by atoms with Crippen LogP contribution in [-0.2, 0) is 23.1 Å². The molecule has 0 aliphatic heterocycles. The first-order chi connectivity index (χ1) is 11.8. The molecule has 6 nitrogen and oxygen atoms in total. The predicted molar refractivity (Wildman–Crippen MR) is 119 cm³/mol. The van der Waals surface area contributed by atoms with Crippen LogP contribution in [0.3, 0.4) is 0 Å². The molecule has 144 valence electrons. The van der Waals surface area contributed by atoms with Crippen molar-refractivity contribution in [1.82, 2.24) is 14.9 Å². The molecule has 0 saturated heterocycles. The van der Waals surface area contributed by atoms with E-state index in [1.54, 1.807) is 19.2 Å². The van der Waals surface area contributed by atoms with Crippen LogP contribution >= 0.6 is 46.9 Å². The fourth-order valence-electron chi connectivity index (χ4n) is 1.95. The Kier molecular flexibility index (Phi) is 9.31. The average Bonchev–Trinajstić information content (AvgIpc) is 3.06. The average molecular weight is 529 g/mol. The minimum absolute atomic E-state index is 0. The summed E-state index contributed by atoms with van der Waals surface area (Å²) in [6.07, 6.45) is 0. The van der Waals surface area contributed by atoms with Gasteiger partial charge in [0.25, 0.3) is 10.0 Å². The van der Waals surface area contributed by atoms with Gasteiger partial charge in [-0.25, -0.2) is 12.7 Å². The minimum atomic E-state index is -3.38. The molecule has 0 bridgehead atoms. The maximum Gasteiger partial charge on any atom is 0.252 e. The molecule has 0 unspecified atom stereocenters. The molecular formula is C16H22ClIN4O2S2. The maximum absolute atomic E-state index is 12.1. The highest BCUT2D eigenvalue weighted by atomic mass is 127. The minimum Gasteiger partial charge on any atom is -0.352 e. The molecule has 0 amide bonds. The molecule has 1 heterocycles. The molecule has 2 rings (SSSR count). The van der Waals surface area contributed by atoms with Crippen LogP contribution in [-0.4, -0.2) is 39.8 Å².